The Balaban J connectivity index is 1.36. The van der Waals surface area contributed by atoms with Gasteiger partial charge in [-0.05, 0) is 56.9 Å². The summed E-state index contributed by atoms with van der Waals surface area (Å²) in [6.45, 7) is 9.37. The first-order chi connectivity index (χ1) is 15.2. The number of aryl methyl sites for hydroxylation is 5. The molecule has 7 heteroatoms. The van der Waals surface area contributed by atoms with Gasteiger partial charge in [0.2, 0.25) is 5.91 Å². The number of likely N-dealkylation sites (tertiary alicyclic amines) is 1. The molecule has 2 aromatic heterocycles. The summed E-state index contributed by atoms with van der Waals surface area (Å²) in [5.74, 6) is 1.03. The van der Waals surface area contributed by atoms with Gasteiger partial charge in [0.05, 0.1) is 5.69 Å². The van der Waals surface area contributed by atoms with Gasteiger partial charge in [-0.15, -0.1) is 0 Å². The number of H-pyrrole nitrogens is 1. The third kappa shape index (κ3) is 4.29. The number of carbonyl (C=O) groups excluding carboxylic acids is 1. The first-order valence-electron chi connectivity index (χ1n) is 11.3. The fraction of sp³-hybridized carbons (Fsp3) is 0.480. The number of hydrogen-bond donors (Lipinski definition) is 1. The molecule has 1 fully saturated rings. The van der Waals surface area contributed by atoms with Crippen LogP contribution in [0.1, 0.15) is 47.2 Å². The lowest BCUT2D eigenvalue weighted by Gasteiger charge is -2.32. The number of nitrogens with zero attached hydrogens (tertiary/aromatic N) is 3. The summed E-state index contributed by atoms with van der Waals surface area (Å²) in [6, 6.07) is 6.24. The highest BCUT2D eigenvalue weighted by Crippen LogP contribution is 2.25. The normalized spacial score (nSPS) is 14.8. The third-order valence-electron chi connectivity index (χ3n) is 6.58. The van der Waals surface area contributed by atoms with Crippen LogP contribution in [0, 0.1) is 27.7 Å². The van der Waals surface area contributed by atoms with Gasteiger partial charge in [-0.25, -0.2) is 0 Å². The molecule has 0 aliphatic carbocycles. The number of hydrogen-bond acceptors (Lipinski definition) is 4. The maximum atomic E-state index is 12.8. The van der Waals surface area contributed by atoms with Gasteiger partial charge in [0.1, 0.15) is 17.5 Å². The molecule has 1 aromatic carbocycles. The molecule has 0 unspecified atom stereocenters. The fourth-order valence-electron chi connectivity index (χ4n) is 4.68. The lowest BCUT2D eigenvalue weighted by molar-refractivity contribution is -0.132. The van der Waals surface area contributed by atoms with E-state index in [2.05, 4.69) is 42.1 Å². The molecule has 3 aromatic rings. The number of carbonyl (C=O) groups is 1. The maximum absolute atomic E-state index is 12.8. The van der Waals surface area contributed by atoms with Gasteiger partial charge in [-0.1, -0.05) is 12.1 Å². The van der Waals surface area contributed by atoms with Gasteiger partial charge in [-0.3, -0.25) is 14.3 Å². The Morgan fingerprint density at radius 2 is 1.91 bits per heavy atom. The number of pyridine rings is 1. The van der Waals surface area contributed by atoms with Crippen LogP contribution in [0.15, 0.2) is 23.0 Å². The molecule has 0 radical (unpaired) electrons. The van der Waals surface area contributed by atoms with E-state index in [0.29, 0.717) is 31.5 Å². The Kier molecular flexibility index (Phi) is 6.09. The van der Waals surface area contributed by atoms with Crippen LogP contribution in [0.5, 0.6) is 5.75 Å². The standard InChI is InChI=1S/C25H32N4O3/c1-15-6-7-16(2)21(14-15)32-19-10-12-29(13-11-19)22(30)9-8-20-17(3)23-18(4)27-28(5)24(23)26-25(20)31/h6-7,14,19H,8-13H2,1-5H3,(H,26,31). The highest BCUT2D eigenvalue weighted by molar-refractivity contribution is 5.83. The fourth-order valence-corrected chi connectivity index (χ4v) is 4.68. The van der Waals surface area contributed by atoms with Crippen molar-refractivity contribution in [3.8, 4) is 5.75 Å². The van der Waals surface area contributed by atoms with Gasteiger partial charge in [0.15, 0.2) is 0 Å². The predicted octanol–water partition coefficient (Wildman–Crippen LogP) is 3.50. The summed E-state index contributed by atoms with van der Waals surface area (Å²) in [7, 11) is 1.82. The number of aromatic nitrogens is 3. The minimum absolute atomic E-state index is 0.0944. The Morgan fingerprint density at radius 3 is 2.62 bits per heavy atom. The minimum atomic E-state index is -0.133. The van der Waals surface area contributed by atoms with E-state index in [9.17, 15) is 9.59 Å². The molecule has 0 spiro atoms. The number of amides is 1. The summed E-state index contributed by atoms with van der Waals surface area (Å²) < 4.78 is 7.91. The Morgan fingerprint density at radius 1 is 1.19 bits per heavy atom. The van der Waals surface area contributed by atoms with Crippen molar-refractivity contribution in [1.29, 1.82) is 0 Å². The van der Waals surface area contributed by atoms with Crippen molar-refractivity contribution in [3.05, 3.63) is 56.5 Å². The summed E-state index contributed by atoms with van der Waals surface area (Å²) in [6.07, 6.45) is 2.53. The molecule has 1 amide bonds. The second kappa shape index (κ2) is 8.81. The number of aromatic amines is 1. The van der Waals surface area contributed by atoms with Crippen LogP contribution in [0.3, 0.4) is 0 Å². The van der Waals surface area contributed by atoms with E-state index in [1.54, 1.807) is 4.68 Å². The SMILES string of the molecule is Cc1ccc(C)c(OC2CCN(C(=O)CCc3c(C)c4c(C)nn(C)c4[nH]c3=O)CC2)c1. The van der Waals surface area contributed by atoms with E-state index in [1.165, 1.54) is 5.56 Å². The van der Waals surface area contributed by atoms with E-state index in [1.807, 2.05) is 25.8 Å². The van der Waals surface area contributed by atoms with E-state index >= 15 is 0 Å². The van der Waals surface area contributed by atoms with Crippen molar-refractivity contribution in [2.24, 2.45) is 7.05 Å². The zero-order valence-electron chi connectivity index (χ0n) is 19.6. The van der Waals surface area contributed by atoms with Crippen molar-refractivity contribution in [2.75, 3.05) is 13.1 Å². The van der Waals surface area contributed by atoms with Crippen LogP contribution in [0.25, 0.3) is 11.0 Å². The van der Waals surface area contributed by atoms with Crippen molar-refractivity contribution < 1.29 is 9.53 Å². The zero-order chi connectivity index (χ0) is 23.0. The van der Waals surface area contributed by atoms with E-state index < -0.39 is 0 Å². The molecule has 3 heterocycles. The van der Waals surface area contributed by atoms with Gasteiger partial charge >= 0.3 is 0 Å². The number of rotatable bonds is 5. The van der Waals surface area contributed by atoms with E-state index in [-0.39, 0.29) is 17.6 Å². The van der Waals surface area contributed by atoms with Crippen molar-refractivity contribution >= 4 is 16.9 Å². The summed E-state index contributed by atoms with van der Waals surface area (Å²) >= 11 is 0. The Labute approximate surface area is 188 Å². The minimum Gasteiger partial charge on any atom is -0.490 e. The molecule has 1 aliphatic heterocycles. The van der Waals surface area contributed by atoms with Crippen molar-refractivity contribution in [3.63, 3.8) is 0 Å². The van der Waals surface area contributed by atoms with Crippen LogP contribution in [-0.2, 0) is 18.3 Å². The van der Waals surface area contributed by atoms with E-state index in [0.717, 1.165) is 46.4 Å². The second-order valence-electron chi connectivity index (χ2n) is 8.96. The lowest BCUT2D eigenvalue weighted by atomic mass is 10.0. The van der Waals surface area contributed by atoms with Gasteiger partial charge in [-0.2, -0.15) is 5.10 Å². The Hall–Kier alpha value is -3.09. The average molecular weight is 437 g/mol. The third-order valence-corrected chi connectivity index (χ3v) is 6.58. The molecule has 7 nitrogen and oxygen atoms in total. The van der Waals surface area contributed by atoms with Crippen LogP contribution in [0.2, 0.25) is 0 Å². The first kappa shape index (κ1) is 22.1. The lowest BCUT2D eigenvalue weighted by Crippen LogP contribution is -2.42. The zero-order valence-corrected chi connectivity index (χ0v) is 19.6. The second-order valence-corrected chi connectivity index (χ2v) is 8.96. The average Bonchev–Trinajstić information content (AvgIpc) is 3.04. The van der Waals surface area contributed by atoms with E-state index in [4.69, 9.17) is 4.74 Å². The number of nitrogens with one attached hydrogen (secondary N) is 1. The molecular formula is C25H32N4O3. The number of piperidine rings is 1. The molecule has 32 heavy (non-hydrogen) atoms. The monoisotopic (exact) mass is 436 g/mol. The molecule has 0 saturated carbocycles. The quantitative estimate of drug-likeness (QED) is 0.664. The number of fused-ring (bicyclic) bond motifs is 1. The molecule has 0 atom stereocenters. The molecule has 1 aliphatic rings. The molecule has 1 N–H and O–H groups in total. The maximum Gasteiger partial charge on any atom is 0.253 e. The van der Waals surface area contributed by atoms with Gasteiger partial charge < -0.3 is 14.6 Å². The van der Waals surface area contributed by atoms with Crippen molar-refractivity contribution in [2.45, 2.75) is 59.5 Å². The molecule has 1 saturated heterocycles. The van der Waals surface area contributed by atoms with Crippen LogP contribution in [-0.4, -0.2) is 44.8 Å². The molecular weight excluding hydrogens is 404 g/mol. The van der Waals surface area contributed by atoms with Crippen LogP contribution in [0.4, 0.5) is 0 Å². The number of benzene rings is 1. The largest absolute Gasteiger partial charge is 0.490 e. The first-order valence-corrected chi connectivity index (χ1v) is 11.3. The smallest absolute Gasteiger partial charge is 0.253 e. The molecule has 0 bridgehead atoms. The van der Waals surface area contributed by atoms with Crippen LogP contribution >= 0.6 is 0 Å². The number of ether oxygens (including phenoxy) is 1. The molecule has 4 rings (SSSR count). The Bertz CT molecular complexity index is 1220. The van der Waals surface area contributed by atoms with Crippen molar-refractivity contribution in [1.82, 2.24) is 19.7 Å². The van der Waals surface area contributed by atoms with Crippen LogP contribution < -0.4 is 10.3 Å². The van der Waals surface area contributed by atoms with Gasteiger partial charge in [0.25, 0.3) is 5.56 Å². The topological polar surface area (TPSA) is 80.2 Å². The predicted molar refractivity (Wildman–Crippen MR) is 125 cm³/mol. The summed E-state index contributed by atoms with van der Waals surface area (Å²) in [4.78, 5) is 30.3. The molecule has 170 valence electrons. The highest BCUT2D eigenvalue weighted by Gasteiger charge is 2.25. The highest BCUT2D eigenvalue weighted by atomic mass is 16.5. The summed E-state index contributed by atoms with van der Waals surface area (Å²) in [5.41, 5.74) is 5.39. The summed E-state index contributed by atoms with van der Waals surface area (Å²) in [5, 5.41) is 5.38. The van der Waals surface area contributed by atoms with Gasteiger partial charge in [0, 0.05) is 50.3 Å².